The standard InChI is InChI=1S/C34H47FN2O6/c1-8-42-32(39)26-15-17-30(35)29(21-26)28-16-14-25(20-24(28)12-9-10-19-41-7)31(38)37(23(2)3)27-13-11-18-36(22-27)33(40)43-34(4,5)6/h14-17,20-21,23,27H,8-13,18-19,22H2,1-7H3. The maximum atomic E-state index is 15.2. The molecule has 2 aromatic rings. The molecule has 1 fully saturated rings. The summed E-state index contributed by atoms with van der Waals surface area (Å²) in [7, 11) is 1.65. The summed E-state index contributed by atoms with van der Waals surface area (Å²) in [6.45, 7) is 13.0. The lowest BCUT2D eigenvalue weighted by atomic mass is 9.92. The van der Waals surface area contributed by atoms with Crippen molar-refractivity contribution in [3.63, 3.8) is 0 Å². The Labute approximate surface area is 255 Å². The van der Waals surface area contributed by atoms with Gasteiger partial charge in [0.15, 0.2) is 0 Å². The molecule has 3 rings (SSSR count). The van der Waals surface area contributed by atoms with Gasteiger partial charge in [0.05, 0.1) is 18.2 Å². The van der Waals surface area contributed by atoms with E-state index in [-0.39, 0.29) is 41.8 Å². The Morgan fingerprint density at radius 2 is 1.77 bits per heavy atom. The number of rotatable bonds is 11. The van der Waals surface area contributed by atoms with Crippen LogP contribution in [-0.4, -0.2) is 78.9 Å². The van der Waals surface area contributed by atoms with Crippen LogP contribution in [0.2, 0.25) is 0 Å². The number of unbranched alkanes of at least 4 members (excludes halogenated alkanes) is 1. The smallest absolute Gasteiger partial charge is 0.410 e. The van der Waals surface area contributed by atoms with Crippen LogP contribution in [0.4, 0.5) is 9.18 Å². The van der Waals surface area contributed by atoms with Gasteiger partial charge in [-0.25, -0.2) is 14.0 Å². The molecule has 236 valence electrons. The highest BCUT2D eigenvalue weighted by atomic mass is 19.1. The molecule has 0 spiro atoms. The summed E-state index contributed by atoms with van der Waals surface area (Å²) < 4.78 is 31.1. The van der Waals surface area contributed by atoms with Gasteiger partial charge < -0.3 is 24.0 Å². The van der Waals surface area contributed by atoms with Crippen LogP contribution in [0.15, 0.2) is 36.4 Å². The third-order valence-corrected chi connectivity index (χ3v) is 7.40. The zero-order chi connectivity index (χ0) is 31.7. The molecule has 8 nitrogen and oxygen atoms in total. The Morgan fingerprint density at radius 3 is 2.42 bits per heavy atom. The molecule has 1 unspecified atom stereocenters. The molecule has 2 amide bonds. The normalized spacial score (nSPS) is 15.4. The van der Waals surface area contributed by atoms with Crippen molar-refractivity contribution in [3.05, 3.63) is 58.9 Å². The quantitative estimate of drug-likeness (QED) is 0.207. The zero-order valence-corrected chi connectivity index (χ0v) is 26.7. The van der Waals surface area contributed by atoms with Gasteiger partial charge in [-0.1, -0.05) is 6.07 Å². The molecule has 1 saturated heterocycles. The molecule has 0 aliphatic carbocycles. The van der Waals surface area contributed by atoms with Crippen molar-refractivity contribution in [2.45, 2.75) is 91.3 Å². The molecule has 1 aliphatic rings. The molecular formula is C34H47FN2O6. The summed E-state index contributed by atoms with van der Waals surface area (Å²) in [4.78, 5) is 42.8. The maximum Gasteiger partial charge on any atom is 0.410 e. The number of hydrogen-bond acceptors (Lipinski definition) is 6. The highest BCUT2D eigenvalue weighted by Crippen LogP contribution is 2.31. The van der Waals surface area contributed by atoms with Crippen LogP contribution in [0.25, 0.3) is 11.1 Å². The summed E-state index contributed by atoms with van der Waals surface area (Å²) in [5.41, 5.74) is 1.88. The van der Waals surface area contributed by atoms with E-state index in [2.05, 4.69) is 0 Å². The van der Waals surface area contributed by atoms with Gasteiger partial charge in [0.1, 0.15) is 11.4 Å². The monoisotopic (exact) mass is 598 g/mol. The van der Waals surface area contributed by atoms with Crippen molar-refractivity contribution in [2.24, 2.45) is 0 Å². The lowest BCUT2D eigenvalue weighted by Gasteiger charge is -2.41. The third kappa shape index (κ3) is 9.26. The Bertz CT molecular complexity index is 1270. The van der Waals surface area contributed by atoms with Crippen LogP contribution in [0.1, 0.15) is 93.5 Å². The molecule has 0 radical (unpaired) electrons. The highest BCUT2D eigenvalue weighted by molar-refractivity contribution is 5.96. The van der Waals surface area contributed by atoms with Crippen LogP contribution in [-0.2, 0) is 20.6 Å². The summed E-state index contributed by atoms with van der Waals surface area (Å²) in [6.07, 6.45) is 3.35. The number of carbonyl (C=O) groups is 3. The van der Waals surface area contributed by atoms with E-state index in [4.69, 9.17) is 14.2 Å². The second-order valence-corrected chi connectivity index (χ2v) is 12.3. The van der Waals surface area contributed by atoms with E-state index < -0.39 is 17.4 Å². The predicted molar refractivity (Wildman–Crippen MR) is 165 cm³/mol. The van der Waals surface area contributed by atoms with Gasteiger partial charge in [-0.15, -0.1) is 0 Å². The predicted octanol–water partition coefficient (Wildman–Crippen LogP) is 6.89. The van der Waals surface area contributed by atoms with E-state index in [9.17, 15) is 14.4 Å². The lowest BCUT2D eigenvalue weighted by molar-refractivity contribution is 0.00751. The van der Waals surface area contributed by atoms with Gasteiger partial charge in [-0.3, -0.25) is 4.79 Å². The van der Waals surface area contributed by atoms with Gasteiger partial charge in [0, 0.05) is 44.0 Å². The molecule has 1 aliphatic heterocycles. The van der Waals surface area contributed by atoms with Gasteiger partial charge in [-0.05, 0) is 115 Å². The molecular weight excluding hydrogens is 551 g/mol. The largest absolute Gasteiger partial charge is 0.462 e. The average Bonchev–Trinajstić information content (AvgIpc) is 2.95. The van der Waals surface area contributed by atoms with Gasteiger partial charge in [-0.2, -0.15) is 0 Å². The molecule has 43 heavy (non-hydrogen) atoms. The van der Waals surface area contributed by atoms with Gasteiger partial charge in [0.2, 0.25) is 0 Å². The first-order valence-electron chi connectivity index (χ1n) is 15.3. The second kappa shape index (κ2) is 15.3. The molecule has 0 bridgehead atoms. The lowest BCUT2D eigenvalue weighted by Crippen LogP contribution is -2.54. The minimum atomic E-state index is -0.603. The first-order valence-corrected chi connectivity index (χ1v) is 15.3. The van der Waals surface area contributed by atoms with E-state index in [1.54, 1.807) is 31.1 Å². The summed E-state index contributed by atoms with van der Waals surface area (Å²) in [5.74, 6) is -1.12. The number of aryl methyl sites for hydroxylation is 1. The van der Waals surface area contributed by atoms with Gasteiger partial charge >= 0.3 is 12.1 Å². The van der Waals surface area contributed by atoms with E-state index in [0.717, 1.165) is 31.2 Å². The molecule has 1 atom stereocenters. The van der Waals surface area contributed by atoms with Crippen LogP contribution < -0.4 is 0 Å². The number of hydrogen-bond donors (Lipinski definition) is 0. The first kappa shape index (κ1) is 34.0. The van der Waals surface area contributed by atoms with Crippen LogP contribution in [0.5, 0.6) is 0 Å². The molecule has 0 N–H and O–H groups in total. The number of ether oxygens (including phenoxy) is 3. The minimum Gasteiger partial charge on any atom is -0.462 e. The Balaban J connectivity index is 1.96. The number of esters is 1. The number of likely N-dealkylation sites (tertiary alicyclic amines) is 1. The average molecular weight is 599 g/mol. The van der Waals surface area contributed by atoms with E-state index in [0.29, 0.717) is 37.2 Å². The molecule has 0 saturated carbocycles. The number of amides is 2. The summed E-state index contributed by atoms with van der Waals surface area (Å²) in [6, 6.07) is 9.24. The topological polar surface area (TPSA) is 85.4 Å². The van der Waals surface area contributed by atoms with Crippen LogP contribution in [0.3, 0.4) is 0 Å². The van der Waals surface area contributed by atoms with Crippen LogP contribution >= 0.6 is 0 Å². The number of benzene rings is 2. The molecule has 9 heteroatoms. The fraction of sp³-hybridized carbons (Fsp3) is 0.559. The van der Waals surface area contributed by atoms with E-state index in [1.165, 1.54) is 18.2 Å². The Hall–Kier alpha value is -3.46. The van der Waals surface area contributed by atoms with Crippen molar-refractivity contribution >= 4 is 18.0 Å². The highest BCUT2D eigenvalue weighted by Gasteiger charge is 2.34. The molecule has 1 heterocycles. The van der Waals surface area contributed by atoms with Crippen molar-refractivity contribution in [2.75, 3.05) is 33.4 Å². The molecule has 2 aromatic carbocycles. The maximum absolute atomic E-state index is 15.2. The summed E-state index contributed by atoms with van der Waals surface area (Å²) in [5, 5.41) is 0. The number of methoxy groups -OCH3 is 1. The zero-order valence-electron chi connectivity index (χ0n) is 26.7. The van der Waals surface area contributed by atoms with Crippen molar-refractivity contribution in [3.8, 4) is 11.1 Å². The number of nitrogens with zero attached hydrogens (tertiary/aromatic N) is 2. The fourth-order valence-electron chi connectivity index (χ4n) is 5.48. The first-order chi connectivity index (χ1) is 20.4. The third-order valence-electron chi connectivity index (χ3n) is 7.40. The summed E-state index contributed by atoms with van der Waals surface area (Å²) >= 11 is 0. The number of carbonyl (C=O) groups excluding carboxylic acids is 3. The Morgan fingerprint density at radius 1 is 1.05 bits per heavy atom. The number of halogens is 1. The Kier molecular flexibility index (Phi) is 12.1. The number of piperidine rings is 1. The van der Waals surface area contributed by atoms with Gasteiger partial charge in [0.25, 0.3) is 5.91 Å². The van der Waals surface area contributed by atoms with E-state index >= 15 is 4.39 Å². The fourth-order valence-corrected chi connectivity index (χ4v) is 5.48. The van der Waals surface area contributed by atoms with Crippen molar-refractivity contribution in [1.82, 2.24) is 9.80 Å². The SMILES string of the molecule is CCOC(=O)c1ccc(F)c(-c2ccc(C(=O)N(C(C)C)C3CCCN(C(=O)OC(C)(C)C)C3)cc2CCCCOC)c1. The van der Waals surface area contributed by atoms with Crippen molar-refractivity contribution < 1.29 is 33.0 Å². The second-order valence-electron chi connectivity index (χ2n) is 12.3. The van der Waals surface area contributed by atoms with Crippen LogP contribution in [0, 0.1) is 5.82 Å². The van der Waals surface area contributed by atoms with E-state index in [1.807, 2.05) is 45.6 Å². The minimum absolute atomic E-state index is 0.111. The van der Waals surface area contributed by atoms with Crippen molar-refractivity contribution in [1.29, 1.82) is 0 Å². The molecule has 0 aromatic heterocycles.